The molecule has 0 spiro atoms. The molecule has 0 unspecified atom stereocenters. The first kappa shape index (κ1) is 14.8. The summed E-state index contributed by atoms with van der Waals surface area (Å²) in [5, 5.41) is 11.3. The molecule has 0 aliphatic heterocycles. The Morgan fingerprint density at radius 2 is 2.19 bits per heavy atom. The summed E-state index contributed by atoms with van der Waals surface area (Å²) in [6.07, 6.45) is -0.0756. The van der Waals surface area contributed by atoms with Crippen molar-refractivity contribution in [2.45, 2.75) is 19.9 Å². The lowest BCUT2D eigenvalue weighted by Gasteiger charge is -2.16. The fourth-order valence-electron chi connectivity index (χ4n) is 1.92. The van der Waals surface area contributed by atoms with Gasteiger partial charge in [0.1, 0.15) is 5.82 Å². The molecule has 3 N–H and O–H groups in total. The second-order valence-corrected chi connectivity index (χ2v) is 4.93. The monoisotopic (exact) mass is 290 g/mol. The van der Waals surface area contributed by atoms with Crippen LogP contribution in [0, 0.1) is 6.92 Å². The zero-order valence-corrected chi connectivity index (χ0v) is 12.0. The van der Waals surface area contributed by atoms with E-state index in [0.29, 0.717) is 5.82 Å². The molecule has 7 heteroatoms. The van der Waals surface area contributed by atoms with E-state index in [-0.39, 0.29) is 25.5 Å². The lowest BCUT2D eigenvalue weighted by atomic mass is 10.2. The molecule has 0 saturated carbocycles. The number of urea groups is 1. The summed E-state index contributed by atoms with van der Waals surface area (Å²) in [5.41, 5.74) is 2.91. The molecule has 1 aromatic heterocycles. The molecule has 0 bridgehead atoms. The number of hydrogen-bond acceptors (Lipinski definition) is 3. The summed E-state index contributed by atoms with van der Waals surface area (Å²) in [4.78, 5) is 31.1. The number of benzene rings is 1. The number of amides is 2. The van der Waals surface area contributed by atoms with E-state index < -0.39 is 5.97 Å². The van der Waals surface area contributed by atoms with E-state index in [1.54, 1.807) is 7.05 Å². The summed E-state index contributed by atoms with van der Waals surface area (Å²) in [6.45, 7) is 2.43. The number of aryl methyl sites for hydroxylation is 1. The summed E-state index contributed by atoms with van der Waals surface area (Å²) in [6, 6.07) is 5.57. The zero-order chi connectivity index (χ0) is 15.4. The van der Waals surface area contributed by atoms with Gasteiger partial charge in [-0.2, -0.15) is 0 Å². The van der Waals surface area contributed by atoms with Crippen LogP contribution in [0.15, 0.2) is 18.2 Å². The molecule has 7 nitrogen and oxygen atoms in total. The molecule has 112 valence electrons. The molecule has 0 aliphatic rings. The van der Waals surface area contributed by atoms with Crippen LogP contribution < -0.4 is 5.32 Å². The van der Waals surface area contributed by atoms with Crippen molar-refractivity contribution >= 4 is 23.0 Å². The number of fused-ring (bicyclic) bond motifs is 1. The van der Waals surface area contributed by atoms with Crippen molar-refractivity contribution in [2.24, 2.45) is 0 Å². The first-order valence-corrected chi connectivity index (χ1v) is 6.61. The van der Waals surface area contributed by atoms with E-state index >= 15 is 0 Å². The minimum atomic E-state index is -0.928. The van der Waals surface area contributed by atoms with Gasteiger partial charge >= 0.3 is 12.0 Å². The van der Waals surface area contributed by atoms with Gasteiger partial charge in [0.25, 0.3) is 0 Å². The maximum Gasteiger partial charge on any atom is 0.317 e. The maximum absolute atomic E-state index is 11.8. The van der Waals surface area contributed by atoms with Gasteiger partial charge in [0.15, 0.2) is 0 Å². The van der Waals surface area contributed by atoms with Gasteiger partial charge < -0.3 is 20.3 Å². The number of rotatable bonds is 5. The molecule has 0 saturated heterocycles. The van der Waals surface area contributed by atoms with E-state index in [1.165, 1.54) is 4.90 Å². The van der Waals surface area contributed by atoms with Crippen molar-refractivity contribution in [3.05, 3.63) is 29.6 Å². The number of H-pyrrole nitrogens is 1. The van der Waals surface area contributed by atoms with E-state index in [9.17, 15) is 9.59 Å². The Morgan fingerprint density at radius 1 is 1.43 bits per heavy atom. The molecule has 2 amide bonds. The molecule has 1 heterocycles. The molecule has 0 atom stereocenters. The highest BCUT2D eigenvalue weighted by molar-refractivity contribution is 5.77. The van der Waals surface area contributed by atoms with Gasteiger partial charge in [-0.1, -0.05) is 6.07 Å². The number of carboxylic acid groups (broad SMARTS) is 1. The van der Waals surface area contributed by atoms with Crippen LogP contribution in [0.1, 0.15) is 17.8 Å². The van der Waals surface area contributed by atoms with Crippen LogP contribution in [-0.4, -0.2) is 45.6 Å². The van der Waals surface area contributed by atoms with Crippen molar-refractivity contribution in [2.75, 3.05) is 13.6 Å². The number of aliphatic carboxylic acids is 1. The van der Waals surface area contributed by atoms with Gasteiger partial charge in [-0.05, 0) is 24.6 Å². The van der Waals surface area contributed by atoms with Crippen LogP contribution in [0.2, 0.25) is 0 Å². The Labute approximate surface area is 122 Å². The number of nitrogens with zero attached hydrogens (tertiary/aromatic N) is 2. The third-order valence-corrected chi connectivity index (χ3v) is 3.10. The first-order chi connectivity index (χ1) is 9.95. The van der Waals surface area contributed by atoms with Crippen molar-refractivity contribution in [3.63, 3.8) is 0 Å². The molecular weight excluding hydrogens is 272 g/mol. The Hall–Kier alpha value is -2.57. The van der Waals surface area contributed by atoms with Crippen LogP contribution in [0.5, 0.6) is 0 Å². The second-order valence-electron chi connectivity index (χ2n) is 4.93. The highest BCUT2D eigenvalue weighted by Crippen LogP contribution is 2.13. The minimum absolute atomic E-state index is 0.0756. The summed E-state index contributed by atoms with van der Waals surface area (Å²) < 4.78 is 0. The largest absolute Gasteiger partial charge is 0.481 e. The number of aromatic nitrogens is 2. The molecule has 2 aromatic rings. The van der Waals surface area contributed by atoms with Gasteiger partial charge in [0.05, 0.1) is 24.0 Å². The Balaban J connectivity index is 1.91. The van der Waals surface area contributed by atoms with E-state index in [4.69, 9.17) is 5.11 Å². The third kappa shape index (κ3) is 3.95. The third-order valence-electron chi connectivity index (χ3n) is 3.10. The summed E-state index contributed by atoms with van der Waals surface area (Å²) >= 11 is 0. The first-order valence-electron chi connectivity index (χ1n) is 6.61. The molecule has 0 radical (unpaired) electrons. The van der Waals surface area contributed by atoms with E-state index in [2.05, 4.69) is 15.3 Å². The van der Waals surface area contributed by atoms with Crippen molar-refractivity contribution in [1.82, 2.24) is 20.2 Å². The number of carbonyl (C=O) groups excluding carboxylic acids is 1. The van der Waals surface area contributed by atoms with Crippen molar-refractivity contribution < 1.29 is 14.7 Å². The van der Waals surface area contributed by atoms with Crippen LogP contribution in [0.25, 0.3) is 11.0 Å². The van der Waals surface area contributed by atoms with Crippen LogP contribution in [0.3, 0.4) is 0 Å². The number of aromatic amines is 1. The smallest absolute Gasteiger partial charge is 0.317 e. The van der Waals surface area contributed by atoms with Crippen molar-refractivity contribution in [3.8, 4) is 0 Å². The van der Waals surface area contributed by atoms with Crippen molar-refractivity contribution in [1.29, 1.82) is 0 Å². The van der Waals surface area contributed by atoms with Crippen LogP contribution >= 0.6 is 0 Å². The average Bonchev–Trinajstić information content (AvgIpc) is 2.83. The Bertz CT molecular complexity index is 665. The Kier molecular flexibility index (Phi) is 4.42. The predicted octanol–water partition coefficient (Wildman–Crippen LogP) is 1.49. The zero-order valence-electron chi connectivity index (χ0n) is 12.0. The molecule has 0 fully saturated rings. The minimum Gasteiger partial charge on any atom is -0.481 e. The lowest BCUT2D eigenvalue weighted by molar-refractivity contribution is -0.137. The molecule has 1 aromatic carbocycles. The van der Waals surface area contributed by atoms with Gasteiger partial charge in [-0.3, -0.25) is 4.79 Å². The topological polar surface area (TPSA) is 98.3 Å². The number of imidazole rings is 1. The van der Waals surface area contributed by atoms with Crippen LogP contribution in [0.4, 0.5) is 4.79 Å². The molecule has 2 rings (SSSR count). The highest BCUT2D eigenvalue weighted by atomic mass is 16.4. The number of carbonyl (C=O) groups is 2. The molecular formula is C14H18N4O3. The summed E-state index contributed by atoms with van der Waals surface area (Å²) in [5.74, 6) is -0.266. The number of nitrogens with one attached hydrogen (secondary N) is 2. The van der Waals surface area contributed by atoms with E-state index in [0.717, 1.165) is 16.6 Å². The van der Waals surface area contributed by atoms with Gasteiger partial charge in [0.2, 0.25) is 0 Å². The normalized spacial score (nSPS) is 10.6. The fourth-order valence-corrected chi connectivity index (χ4v) is 1.92. The van der Waals surface area contributed by atoms with Gasteiger partial charge in [0, 0.05) is 13.6 Å². The molecule has 21 heavy (non-hydrogen) atoms. The second kappa shape index (κ2) is 6.25. The number of carboxylic acids is 1. The highest BCUT2D eigenvalue weighted by Gasteiger charge is 2.10. The maximum atomic E-state index is 11.8. The quantitative estimate of drug-likeness (QED) is 0.777. The van der Waals surface area contributed by atoms with Gasteiger partial charge in [-0.15, -0.1) is 0 Å². The predicted molar refractivity (Wildman–Crippen MR) is 77.9 cm³/mol. The average molecular weight is 290 g/mol. The Morgan fingerprint density at radius 3 is 2.90 bits per heavy atom. The molecule has 0 aliphatic carbocycles. The van der Waals surface area contributed by atoms with Gasteiger partial charge in [-0.25, -0.2) is 9.78 Å². The van der Waals surface area contributed by atoms with E-state index in [1.807, 2.05) is 25.1 Å². The van der Waals surface area contributed by atoms with Crippen LogP contribution in [-0.2, 0) is 11.3 Å². The lowest BCUT2D eigenvalue weighted by Crippen LogP contribution is -2.38. The standard InChI is InChI=1S/C14H18N4O3/c1-9-3-4-10-11(7-9)17-12(16-10)8-15-14(21)18(2)6-5-13(19)20/h3-4,7H,5-6,8H2,1-2H3,(H,15,21)(H,16,17)(H,19,20). The summed E-state index contributed by atoms with van der Waals surface area (Å²) in [7, 11) is 1.56. The number of hydrogen-bond donors (Lipinski definition) is 3. The fraction of sp³-hybridized carbons (Fsp3) is 0.357. The SMILES string of the molecule is Cc1ccc2nc(CNC(=O)N(C)CCC(=O)O)[nH]c2c1.